The van der Waals surface area contributed by atoms with Crippen molar-refractivity contribution < 1.29 is 22.4 Å². The van der Waals surface area contributed by atoms with Crippen LogP contribution in [0.4, 0.5) is 11.4 Å². The molecule has 1 aliphatic heterocycles. The number of nitrogens with zero attached hydrogens (tertiary/aromatic N) is 1. The summed E-state index contributed by atoms with van der Waals surface area (Å²) in [6.45, 7) is 0.582. The van der Waals surface area contributed by atoms with Crippen LogP contribution >= 0.6 is 0 Å². The molecule has 0 spiro atoms. The van der Waals surface area contributed by atoms with Crippen LogP contribution in [0.3, 0.4) is 0 Å². The minimum atomic E-state index is -3.82. The summed E-state index contributed by atoms with van der Waals surface area (Å²) in [6.07, 6.45) is 3.00. The molecule has 3 aromatic rings. The molecular formula is C21H20N2O5S. The maximum absolute atomic E-state index is 12.8. The highest BCUT2D eigenvalue weighted by Gasteiger charge is 2.26. The molecule has 0 saturated carbocycles. The molecule has 2 aromatic carbocycles. The molecule has 0 radical (unpaired) electrons. The molecule has 1 N–H and O–H groups in total. The number of para-hydroxylation sites is 1. The molecule has 29 heavy (non-hydrogen) atoms. The molecule has 0 fully saturated rings. The third-order valence-corrected chi connectivity index (χ3v) is 6.21. The van der Waals surface area contributed by atoms with Gasteiger partial charge in [0.15, 0.2) is 5.76 Å². The molecule has 4 rings (SSSR count). The zero-order valence-electron chi connectivity index (χ0n) is 15.8. The van der Waals surface area contributed by atoms with E-state index in [2.05, 4.69) is 4.72 Å². The fourth-order valence-electron chi connectivity index (χ4n) is 3.46. The predicted octanol–water partition coefficient (Wildman–Crippen LogP) is 3.68. The van der Waals surface area contributed by atoms with E-state index in [-0.39, 0.29) is 22.3 Å². The lowest BCUT2D eigenvalue weighted by molar-refractivity contribution is 0.0958. The van der Waals surface area contributed by atoms with Crippen molar-refractivity contribution in [3.8, 4) is 5.75 Å². The Bertz CT molecular complexity index is 1140. The van der Waals surface area contributed by atoms with E-state index in [1.807, 2.05) is 0 Å². The topological polar surface area (TPSA) is 88.9 Å². The highest BCUT2D eigenvalue weighted by Crippen LogP contribution is 2.32. The van der Waals surface area contributed by atoms with Gasteiger partial charge in [0.1, 0.15) is 10.6 Å². The molecule has 0 unspecified atom stereocenters. The van der Waals surface area contributed by atoms with Gasteiger partial charge in [0, 0.05) is 17.9 Å². The smallest absolute Gasteiger partial charge is 0.293 e. The monoisotopic (exact) mass is 412 g/mol. The average Bonchev–Trinajstić information content (AvgIpc) is 3.27. The van der Waals surface area contributed by atoms with Crippen LogP contribution in [-0.2, 0) is 16.4 Å². The van der Waals surface area contributed by atoms with E-state index >= 15 is 0 Å². The first-order valence-electron chi connectivity index (χ1n) is 9.14. The number of amides is 1. The Balaban J connectivity index is 1.62. The lowest BCUT2D eigenvalue weighted by atomic mass is 10.0. The van der Waals surface area contributed by atoms with E-state index in [4.69, 9.17) is 9.15 Å². The second kappa shape index (κ2) is 7.63. The Morgan fingerprint density at radius 2 is 1.97 bits per heavy atom. The summed E-state index contributed by atoms with van der Waals surface area (Å²) in [4.78, 5) is 14.4. The van der Waals surface area contributed by atoms with Crippen LogP contribution in [0.1, 0.15) is 22.5 Å². The Morgan fingerprint density at radius 1 is 1.14 bits per heavy atom. The van der Waals surface area contributed by atoms with E-state index in [1.165, 1.54) is 19.4 Å². The molecule has 1 amide bonds. The van der Waals surface area contributed by atoms with Crippen LogP contribution in [0.5, 0.6) is 5.75 Å². The van der Waals surface area contributed by atoms with E-state index in [0.29, 0.717) is 12.2 Å². The maximum atomic E-state index is 12.8. The fraction of sp³-hybridized carbons (Fsp3) is 0.190. The molecule has 0 aliphatic carbocycles. The highest BCUT2D eigenvalue weighted by atomic mass is 32.2. The van der Waals surface area contributed by atoms with Gasteiger partial charge in [0.2, 0.25) is 0 Å². The molecule has 1 aromatic heterocycles. The van der Waals surface area contributed by atoms with Crippen molar-refractivity contribution in [3.05, 3.63) is 72.2 Å². The minimum absolute atomic E-state index is 0.0647. The summed E-state index contributed by atoms with van der Waals surface area (Å²) >= 11 is 0. The molecule has 0 bridgehead atoms. The third-order valence-electron chi connectivity index (χ3n) is 4.79. The SMILES string of the molecule is COc1ccccc1S(=O)(=O)Nc1ccc2c(c1)CCCN2C(=O)c1ccco1. The summed E-state index contributed by atoms with van der Waals surface area (Å²) in [5.74, 6) is 0.338. The zero-order valence-corrected chi connectivity index (χ0v) is 16.6. The lowest BCUT2D eigenvalue weighted by Gasteiger charge is -2.29. The van der Waals surface area contributed by atoms with Gasteiger partial charge in [-0.05, 0) is 60.9 Å². The number of hydrogen-bond acceptors (Lipinski definition) is 5. The number of carbonyl (C=O) groups excluding carboxylic acids is 1. The summed E-state index contributed by atoms with van der Waals surface area (Å²) in [6, 6.07) is 14.9. The number of aryl methyl sites for hydroxylation is 1. The largest absolute Gasteiger partial charge is 0.495 e. The van der Waals surface area contributed by atoms with Crippen LogP contribution in [0.25, 0.3) is 0 Å². The quantitative estimate of drug-likeness (QED) is 0.691. The van der Waals surface area contributed by atoms with Crippen molar-refractivity contribution in [2.45, 2.75) is 17.7 Å². The Kier molecular flexibility index (Phi) is 5.02. The van der Waals surface area contributed by atoms with Crippen molar-refractivity contribution in [2.75, 3.05) is 23.3 Å². The summed E-state index contributed by atoms with van der Waals surface area (Å²) in [5, 5.41) is 0. The van der Waals surface area contributed by atoms with Gasteiger partial charge < -0.3 is 14.1 Å². The lowest BCUT2D eigenvalue weighted by Crippen LogP contribution is -2.35. The Hall–Kier alpha value is -3.26. The van der Waals surface area contributed by atoms with Crippen molar-refractivity contribution >= 4 is 27.3 Å². The van der Waals surface area contributed by atoms with Gasteiger partial charge in [-0.15, -0.1) is 0 Å². The number of rotatable bonds is 5. The summed E-state index contributed by atoms with van der Waals surface area (Å²) < 4.78 is 38.6. The number of hydrogen-bond donors (Lipinski definition) is 1. The highest BCUT2D eigenvalue weighted by molar-refractivity contribution is 7.92. The maximum Gasteiger partial charge on any atom is 0.293 e. The zero-order chi connectivity index (χ0) is 20.4. The molecule has 2 heterocycles. The molecule has 8 heteroatoms. The van der Waals surface area contributed by atoms with Gasteiger partial charge in [-0.3, -0.25) is 9.52 Å². The summed E-state index contributed by atoms with van der Waals surface area (Å²) in [7, 11) is -2.39. The van der Waals surface area contributed by atoms with E-state index < -0.39 is 10.0 Å². The fourth-order valence-corrected chi connectivity index (χ4v) is 4.68. The Labute approximate surface area is 169 Å². The van der Waals surface area contributed by atoms with Gasteiger partial charge in [-0.2, -0.15) is 0 Å². The second-order valence-electron chi connectivity index (χ2n) is 6.64. The number of nitrogens with one attached hydrogen (secondary N) is 1. The number of methoxy groups -OCH3 is 1. The molecule has 0 atom stereocenters. The van der Waals surface area contributed by atoms with Gasteiger partial charge in [-0.25, -0.2) is 8.42 Å². The van der Waals surface area contributed by atoms with E-state index in [9.17, 15) is 13.2 Å². The first-order chi connectivity index (χ1) is 14.0. The van der Waals surface area contributed by atoms with Crippen LogP contribution in [-0.4, -0.2) is 28.0 Å². The number of fused-ring (bicyclic) bond motifs is 1. The standard InChI is InChI=1S/C21H20N2O5S/c1-27-18-7-2-3-9-20(18)29(25,26)22-16-10-11-17-15(14-16)6-4-12-23(17)21(24)19-8-5-13-28-19/h2-3,5,7-11,13-14,22H,4,6,12H2,1H3. The minimum Gasteiger partial charge on any atom is -0.495 e. The van der Waals surface area contributed by atoms with Crippen molar-refractivity contribution in [3.63, 3.8) is 0 Å². The first kappa shape index (κ1) is 19.1. The molecule has 7 nitrogen and oxygen atoms in total. The van der Waals surface area contributed by atoms with Crippen LogP contribution in [0, 0.1) is 0 Å². The number of furan rings is 1. The number of anilines is 2. The van der Waals surface area contributed by atoms with Crippen molar-refractivity contribution in [2.24, 2.45) is 0 Å². The predicted molar refractivity (Wildman–Crippen MR) is 109 cm³/mol. The van der Waals surface area contributed by atoms with Gasteiger partial charge in [-0.1, -0.05) is 12.1 Å². The second-order valence-corrected chi connectivity index (χ2v) is 8.29. The molecule has 0 saturated heterocycles. The number of benzene rings is 2. The van der Waals surface area contributed by atoms with Crippen LogP contribution in [0.2, 0.25) is 0 Å². The molecule has 1 aliphatic rings. The van der Waals surface area contributed by atoms with Gasteiger partial charge in [0.05, 0.1) is 13.4 Å². The first-order valence-corrected chi connectivity index (χ1v) is 10.6. The molecular weight excluding hydrogens is 392 g/mol. The van der Waals surface area contributed by atoms with E-state index in [0.717, 1.165) is 24.1 Å². The van der Waals surface area contributed by atoms with Crippen LogP contribution < -0.4 is 14.4 Å². The third kappa shape index (κ3) is 3.71. The van der Waals surface area contributed by atoms with Gasteiger partial charge in [0.25, 0.3) is 15.9 Å². The summed E-state index contributed by atoms with van der Waals surface area (Å²) in [5.41, 5.74) is 2.09. The average molecular weight is 412 g/mol. The number of sulfonamides is 1. The molecule has 150 valence electrons. The van der Waals surface area contributed by atoms with Gasteiger partial charge >= 0.3 is 0 Å². The Morgan fingerprint density at radius 3 is 2.72 bits per heavy atom. The van der Waals surface area contributed by atoms with E-state index in [1.54, 1.807) is 53.4 Å². The van der Waals surface area contributed by atoms with Crippen LogP contribution in [0.15, 0.2) is 70.2 Å². The van der Waals surface area contributed by atoms with Crippen molar-refractivity contribution in [1.82, 2.24) is 0 Å². The van der Waals surface area contributed by atoms with Crippen molar-refractivity contribution in [1.29, 1.82) is 0 Å². The number of carbonyl (C=O) groups is 1. The number of ether oxygens (including phenoxy) is 1. The normalized spacial score (nSPS) is 13.6.